The maximum Gasteiger partial charge on any atom is 0.0861 e. The van der Waals surface area contributed by atoms with Crippen molar-refractivity contribution < 1.29 is 4.84 Å². The molecule has 0 aromatic carbocycles. The van der Waals surface area contributed by atoms with Gasteiger partial charge in [0.1, 0.15) is 0 Å². The van der Waals surface area contributed by atoms with E-state index < -0.39 is 0 Å². The Balaban J connectivity index is 1.87. The molecule has 0 saturated heterocycles. The molecule has 2 N–H and O–H groups in total. The van der Waals surface area contributed by atoms with Gasteiger partial charge in [0.25, 0.3) is 0 Å². The minimum Gasteiger partial charge on any atom is -0.309 e. The lowest BCUT2D eigenvalue weighted by atomic mass is 9.97. The zero-order valence-electron chi connectivity index (χ0n) is 9.33. The normalized spacial score (nSPS) is 31.1. The molecule has 1 fully saturated rings. The van der Waals surface area contributed by atoms with Gasteiger partial charge < -0.3 is 5.32 Å². The summed E-state index contributed by atoms with van der Waals surface area (Å²) in [5, 5.41) is 3.49. The molecule has 0 bridgehead atoms. The summed E-state index contributed by atoms with van der Waals surface area (Å²) < 4.78 is 0. The predicted octanol–water partition coefficient (Wildman–Crippen LogP) is 1.39. The molecule has 0 amide bonds. The molecule has 1 unspecified atom stereocenters. The zero-order chi connectivity index (χ0) is 10.7. The summed E-state index contributed by atoms with van der Waals surface area (Å²) in [5.41, 5.74) is 4.60. The molecular formula is C12H20N2O. The molecule has 1 aliphatic heterocycles. The molecule has 2 aliphatic rings. The molecule has 3 nitrogen and oxygen atoms in total. The standard InChI is InChI=1S/C12H20N2O/c1-3-6-15-14-11-7-12(10-4-5-10)9(2)13-8-11/h3,7,9-11,13-14H,1,4-6,8H2,2H3/t9?,11-/m1/s1. The Kier molecular flexibility index (Phi) is 3.57. The number of nitrogens with one attached hydrogen (secondary N) is 2. The van der Waals surface area contributed by atoms with E-state index in [1.54, 1.807) is 11.6 Å². The van der Waals surface area contributed by atoms with Crippen LogP contribution in [0.1, 0.15) is 19.8 Å². The Labute approximate surface area is 91.5 Å². The van der Waals surface area contributed by atoms with Crippen LogP contribution in [-0.4, -0.2) is 25.2 Å². The second kappa shape index (κ2) is 4.92. The van der Waals surface area contributed by atoms with Crippen LogP contribution in [0.25, 0.3) is 0 Å². The van der Waals surface area contributed by atoms with E-state index in [9.17, 15) is 0 Å². The highest BCUT2D eigenvalue weighted by molar-refractivity contribution is 5.23. The van der Waals surface area contributed by atoms with Gasteiger partial charge in [0, 0.05) is 12.6 Å². The van der Waals surface area contributed by atoms with E-state index in [1.165, 1.54) is 12.8 Å². The van der Waals surface area contributed by atoms with Crippen LogP contribution in [0.3, 0.4) is 0 Å². The zero-order valence-corrected chi connectivity index (χ0v) is 9.33. The Bertz CT molecular complexity index is 258. The summed E-state index contributed by atoms with van der Waals surface area (Å²) in [6.45, 7) is 7.35. The quantitative estimate of drug-likeness (QED) is 0.407. The molecule has 1 heterocycles. The van der Waals surface area contributed by atoms with Crippen molar-refractivity contribution in [3.05, 3.63) is 24.3 Å². The van der Waals surface area contributed by atoms with E-state index in [2.05, 4.69) is 30.4 Å². The van der Waals surface area contributed by atoms with Gasteiger partial charge >= 0.3 is 0 Å². The molecule has 2 rings (SSSR count). The van der Waals surface area contributed by atoms with Crippen LogP contribution in [0.5, 0.6) is 0 Å². The smallest absolute Gasteiger partial charge is 0.0861 e. The number of hydrogen-bond donors (Lipinski definition) is 2. The second-order valence-electron chi connectivity index (χ2n) is 4.39. The van der Waals surface area contributed by atoms with Crippen LogP contribution in [0.15, 0.2) is 24.3 Å². The van der Waals surface area contributed by atoms with Gasteiger partial charge in [-0.3, -0.25) is 4.84 Å². The highest BCUT2D eigenvalue weighted by atomic mass is 16.6. The average molecular weight is 208 g/mol. The summed E-state index contributed by atoms with van der Waals surface area (Å²) in [6.07, 6.45) is 6.80. The van der Waals surface area contributed by atoms with Crippen LogP contribution in [0.4, 0.5) is 0 Å². The fourth-order valence-electron chi connectivity index (χ4n) is 2.05. The molecule has 84 valence electrons. The number of rotatable bonds is 5. The van der Waals surface area contributed by atoms with E-state index >= 15 is 0 Å². The van der Waals surface area contributed by atoms with Crippen molar-refractivity contribution in [2.45, 2.75) is 31.8 Å². The maximum atomic E-state index is 5.25. The first-order chi connectivity index (χ1) is 7.31. The van der Waals surface area contributed by atoms with Crippen molar-refractivity contribution in [3.63, 3.8) is 0 Å². The third-order valence-electron chi connectivity index (χ3n) is 3.02. The van der Waals surface area contributed by atoms with Crippen LogP contribution < -0.4 is 10.8 Å². The van der Waals surface area contributed by atoms with Gasteiger partial charge in [-0.25, -0.2) is 0 Å². The van der Waals surface area contributed by atoms with Gasteiger partial charge in [0.05, 0.1) is 12.6 Å². The van der Waals surface area contributed by atoms with Gasteiger partial charge in [-0.2, -0.15) is 5.48 Å². The van der Waals surface area contributed by atoms with E-state index in [-0.39, 0.29) is 0 Å². The fourth-order valence-corrected chi connectivity index (χ4v) is 2.05. The third kappa shape index (κ3) is 2.91. The first-order valence-corrected chi connectivity index (χ1v) is 5.74. The fraction of sp³-hybridized carbons (Fsp3) is 0.667. The van der Waals surface area contributed by atoms with Crippen LogP contribution >= 0.6 is 0 Å². The highest BCUT2D eigenvalue weighted by Gasteiger charge is 2.31. The van der Waals surface area contributed by atoms with E-state index in [4.69, 9.17) is 4.84 Å². The Hall–Kier alpha value is -0.640. The average Bonchev–Trinajstić information content (AvgIpc) is 3.04. The molecule has 15 heavy (non-hydrogen) atoms. The Morgan fingerprint density at radius 2 is 2.47 bits per heavy atom. The van der Waals surface area contributed by atoms with Crippen molar-refractivity contribution in [2.75, 3.05) is 13.2 Å². The first-order valence-electron chi connectivity index (χ1n) is 5.74. The first kappa shape index (κ1) is 10.9. The minimum absolute atomic E-state index is 0.303. The van der Waals surface area contributed by atoms with Crippen LogP contribution in [-0.2, 0) is 4.84 Å². The molecule has 0 aromatic heterocycles. The number of hydroxylamine groups is 1. The highest BCUT2D eigenvalue weighted by Crippen LogP contribution is 2.38. The summed E-state index contributed by atoms with van der Waals surface area (Å²) in [7, 11) is 0. The van der Waals surface area contributed by atoms with E-state index in [0.717, 1.165) is 12.5 Å². The van der Waals surface area contributed by atoms with Crippen LogP contribution in [0.2, 0.25) is 0 Å². The monoisotopic (exact) mass is 208 g/mol. The summed E-state index contributed by atoms with van der Waals surface area (Å²) in [6, 6.07) is 0.840. The van der Waals surface area contributed by atoms with Gasteiger partial charge in [0.15, 0.2) is 0 Å². The summed E-state index contributed by atoms with van der Waals surface area (Å²) in [4.78, 5) is 5.25. The SMILES string of the molecule is C=CCON[C@@H]1C=C(C2CC2)C(C)NC1. The lowest BCUT2D eigenvalue weighted by molar-refractivity contribution is 0.0443. The van der Waals surface area contributed by atoms with Crippen molar-refractivity contribution in [3.8, 4) is 0 Å². The largest absolute Gasteiger partial charge is 0.309 e. The maximum absolute atomic E-state index is 5.25. The predicted molar refractivity (Wildman–Crippen MR) is 61.3 cm³/mol. The Morgan fingerprint density at radius 1 is 1.67 bits per heavy atom. The van der Waals surface area contributed by atoms with Gasteiger partial charge in [-0.15, -0.1) is 6.58 Å². The molecule has 0 aromatic rings. The molecule has 3 heteroatoms. The molecule has 1 saturated carbocycles. The Morgan fingerprint density at radius 3 is 3.13 bits per heavy atom. The van der Waals surface area contributed by atoms with Crippen molar-refractivity contribution in [1.82, 2.24) is 10.8 Å². The lowest BCUT2D eigenvalue weighted by Crippen LogP contribution is -2.46. The molecule has 0 radical (unpaired) electrons. The lowest BCUT2D eigenvalue weighted by Gasteiger charge is -2.28. The number of hydrogen-bond acceptors (Lipinski definition) is 3. The van der Waals surface area contributed by atoms with Crippen molar-refractivity contribution in [1.29, 1.82) is 0 Å². The molecule has 2 atom stereocenters. The summed E-state index contributed by atoms with van der Waals surface area (Å²) in [5.74, 6) is 0.830. The molecule has 0 spiro atoms. The van der Waals surface area contributed by atoms with Gasteiger partial charge in [0.2, 0.25) is 0 Å². The van der Waals surface area contributed by atoms with Gasteiger partial charge in [-0.1, -0.05) is 17.7 Å². The molecular weight excluding hydrogens is 188 g/mol. The van der Waals surface area contributed by atoms with Crippen LogP contribution in [0, 0.1) is 5.92 Å². The molecule has 1 aliphatic carbocycles. The second-order valence-corrected chi connectivity index (χ2v) is 4.39. The van der Waals surface area contributed by atoms with Crippen molar-refractivity contribution in [2.24, 2.45) is 5.92 Å². The summed E-state index contributed by atoms with van der Waals surface area (Å²) >= 11 is 0. The minimum atomic E-state index is 0.303. The topological polar surface area (TPSA) is 33.3 Å². The van der Waals surface area contributed by atoms with E-state index in [1.807, 2.05) is 0 Å². The van der Waals surface area contributed by atoms with E-state index in [0.29, 0.717) is 18.7 Å². The third-order valence-corrected chi connectivity index (χ3v) is 3.02. The van der Waals surface area contributed by atoms with Gasteiger partial charge in [-0.05, 0) is 25.7 Å². The van der Waals surface area contributed by atoms with Crippen molar-refractivity contribution >= 4 is 0 Å².